The monoisotopic (exact) mass is 245 g/mol. The van der Waals surface area contributed by atoms with Gasteiger partial charge in [-0.05, 0) is 24.3 Å². The molecule has 1 aliphatic heterocycles. The maximum atomic E-state index is 11.2. The van der Waals surface area contributed by atoms with Crippen LogP contribution < -0.4 is 10.7 Å². The molecule has 1 heterocycles. The van der Waals surface area contributed by atoms with Crippen molar-refractivity contribution in [3.8, 4) is 0 Å². The SMILES string of the molecule is COC(=O)CCN1N=CC=Cc2cc(N)ccc21. The van der Waals surface area contributed by atoms with Crippen LogP contribution in [0.5, 0.6) is 0 Å². The van der Waals surface area contributed by atoms with Crippen molar-refractivity contribution in [3.05, 3.63) is 29.8 Å². The average Bonchev–Trinajstić information content (AvgIpc) is 2.57. The van der Waals surface area contributed by atoms with Crippen molar-refractivity contribution in [2.24, 2.45) is 5.10 Å². The molecule has 5 nitrogen and oxygen atoms in total. The van der Waals surface area contributed by atoms with Gasteiger partial charge < -0.3 is 10.5 Å². The fourth-order valence-corrected chi connectivity index (χ4v) is 1.75. The highest BCUT2D eigenvalue weighted by Gasteiger charge is 2.12. The van der Waals surface area contributed by atoms with E-state index in [4.69, 9.17) is 5.73 Å². The number of hydrazone groups is 1. The molecule has 1 aromatic carbocycles. The molecule has 0 aliphatic carbocycles. The number of allylic oxidation sites excluding steroid dienone is 1. The lowest BCUT2D eigenvalue weighted by atomic mass is 10.1. The van der Waals surface area contributed by atoms with E-state index in [1.807, 2.05) is 30.4 Å². The van der Waals surface area contributed by atoms with Gasteiger partial charge in [0.2, 0.25) is 0 Å². The van der Waals surface area contributed by atoms with E-state index < -0.39 is 0 Å². The maximum absolute atomic E-state index is 11.2. The molecule has 18 heavy (non-hydrogen) atoms. The standard InChI is InChI=1S/C13H15N3O2/c1-18-13(17)6-8-16-12-5-4-11(14)9-10(12)3-2-7-15-16/h2-5,7,9H,6,8,14H2,1H3. The fourth-order valence-electron chi connectivity index (χ4n) is 1.75. The molecular weight excluding hydrogens is 230 g/mol. The molecule has 2 rings (SSSR count). The first-order chi connectivity index (χ1) is 8.70. The van der Waals surface area contributed by atoms with E-state index in [9.17, 15) is 4.79 Å². The molecule has 1 aliphatic rings. The molecule has 94 valence electrons. The van der Waals surface area contributed by atoms with E-state index in [-0.39, 0.29) is 12.4 Å². The number of methoxy groups -OCH3 is 1. The third-order valence-corrected chi connectivity index (χ3v) is 2.65. The molecule has 0 spiro atoms. The molecule has 0 amide bonds. The Labute approximate surface area is 106 Å². The minimum Gasteiger partial charge on any atom is -0.469 e. The predicted octanol–water partition coefficient (Wildman–Crippen LogP) is 1.65. The van der Waals surface area contributed by atoms with Gasteiger partial charge in [0.25, 0.3) is 0 Å². The Balaban J connectivity index is 2.21. The van der Waals surface area contributed by atoms with Crippen LogP contribution in [0.1, 0.15) is 12.0 Å². The number of hydrogen-bond donors (Lipinski definition) is 1. The summed E-state index contributed by atoms with van der Waals surface area (Å²) in [4.78, 5) is 11.2. The first-order valence-electron chi connectivity index (χ1n) is 5.65. The van der Waals surface area contributed by atoms with Crippen molar-refractivity contribution < 1.29 is 9.53 Å². The van der Waals surface area contributed by atoms with Crippen LogP contribution >= 0.6 is 0 Å². The normalized spacial score (nSPS) is 13.1. The first kappa shape index (κ1) is 12.2. The summed E-state index contributed by atoms with van der Waals surface area (Å²) in [5.74, 6) is -0.251. The minimum atomic E-state index is -0.251. The van der Waals surface area contributed by atoms with Gasteiger partial charge in [0, 0.05) is 17.5 Å². The van der Waals surface area contributed by atoms with Crippen LogP contribution in [0.4, 0.5) is 11.4 Å². The highest BCUT2D eigenvalue weighted by atomic mass is 16.5. The zero-order valence-corrected chi connectivity index (χ0v) is 10.2. The van der Waals surface area contributed by atoms with E-state index in [2.05, 4.69) is 9.84 Å². The molecule has 1 aromatic rings. The van der Waals surface area contributed by atoms with E-state index >= 15 is 0 Å². The molecule has 0 unspecified atom stereocenters. The molecular formula is C13H15N3O2. The fraction of sp³-hybridized carbons (Fsp3) is 0.231. The Hall–Kier alpha value is -2.30. The largest absolute Gasteiger partial charge is 0.469 e. The van der Waals surface area contributed by atoms with Crippen LogP contribution in [0.25, 0.3) is 6.08 Å². The number of anilines is 2. The molecule has 5 heteroatoms. The second kappa shape index (κ2) is 5.35. The highest BCUT2D eigenvalue weighted by Crippen LogP contribution is 2.26. The topological polar surface area (TPSA) is 67.9 Å². The quantitative estimate of drug-likeness (QED) is 0.649. The van der Waals surface area contributed by atoms with Crippen LogP contribution in [0.15, 0.2) is 29.4 Å². The maximum Gasteiger partial charge on any atom is 0.307 e. The van der Waals surface area contributed by atoms with Gasteiger partial charge in [-0.3, -0.25) is 9.80 Å². The third kappa shape index (κ3) is 2.68. The van der Waals surface area contributed by atoms with Crippen LogP contribution in [0.3, 0.4) is 0 Å². The molecule has 2 N–H and O–H groups in total. The number of benzene rings is 1. The van der Waals surface area contributed by atoms with Gasteiger partial charge in [0.15, 0.2) is 0 Å². The molecule has 0 bridgehead atoms. The molecule has 0 radical (unpaired) electrons. The van der Waals surface area contributed by atoms with Crippen molar-refractivity contribution >= 4 is 29.6 Å². The van der Waals surface area contributed by atoms with Crippen molar-refractivity contribution in [2.45, 2.75) is 6.42 Å². The number of nitrogen functional groups attached to an aromatic ring is 1. The van der Waals surface area contributed by atoms with Gasteiger partial charge in [-0.1, -0.05) is 6.08 Å². The Morgan fingerprint density at radius 3 is 3.11 bits per heavy atom. The molecule has 0 saturated carbocycles. The molecule has 0 atom stereocenters. The van der Waals surface area contributed by atoms with Gasteiger partial charge in [0.05, 0.1) is 25.8 Å². The van der Waals surface area contributed by atoms with Gasteiger partial charge in [-0.25, -0.2) is 0 Å². The number of esters is 1. The van der Waals surface area contributed by atoms with Crippen molar-refractivity contribution in [2.75, 3.05) is 24.4 Å². The van der Waals surface area contributed by atoms with E-state index in [0.29, 0.717) is 12.2 Å². The Kier molecular flexibility index (Phi) is 3.62. The second-order valence-electron chi connectivity index (χ2n) is 3.89. The van der Waals surface area contributed by atoms with Crippen LogP contribution in [-0.4, -0.2) is 25.8 Å². The summed E-state index contributed by atoms with van der Waals surface area (Å²) in [6.45, 7) is 0.474. The summed E-state index contributed by atoms with van der Waals surface area (Å²) in [6, 6.07) is 5.60. The second-order valence-corrected chi connectivity index (χ2v) is 3.89. The molecule has 0 fully saturated rings. The summed E-state index contributed by atoms with van der Waals surface area (Å²) in [6.07, 6.45) is 5.76. The number of carbonyl (C=O) groups excluding carboxylic acids is 1. The van der Waals surface area contributed by atoms with E-state index in [0.717, 1.165) is 11.3 Å². The van der Waals surface area contributed by atoms with Gasteiger partial charge in [-0.15, -0.1) is 0 Å². The van der Waals surface area contributed by atoms with Crippen molar-refractivity contribution in [1.82, 2.24) is 0 Å². The Morgan fingerprint density at radius 2 is 2.33 bits per heavy atom. The number of nitrogens with two attached hydrogens (primary N) is 1. The summed E-state index contributed by atoms with van der Waals surface area (Å²) >= 11 is 0. The number of nitrogens with zero attached hydrogens (tertiary/aromatic N) is 2. The van der Waals surface area contributed by atoms with Crippen LogP contribution in [0.2, 0.25) is 0 Å². The summed E-state index contributed by atoms with van der Waals surface area (Å²) in [5, 5.41) is 6.04. The Bertz CT molecular complexity index is 509. The zero-order valence-electron chi connectivity index (χ0n) is 10.2. The van der Waals surface area contributed by atoms with Crippen molar-refractivity contribution in [3.63, 3.8) is 0 Å². The van der Waals surface area contributed by atoms with Crippen LogP contribution in [0, 0.1) is 0 Å². The van der Waals surface area contributed by atoms with Gasteiger partial charge >= 0.3 is 5.97 Å². The summed E-state index contributed by atoms with van der Waals surface area (Å²) in [5.41, 5.74) is 8.37. The number of hydrogen-bond acceptors (Lipinski definition) is 5. The van der Waals surface area contributed by atoms with E-state index in [1.54, 1.807) is 11.2 Å². The van der Waals surface area contributed by atoms with Crippen molar-refractivity contribution in [1.29, 1.82) is 0 Å². The molecule has 0 aromatic heterocycles. The van der Waals surface area contributed by atoms with Gasteiger partial charge in [-0.2, -0.15) is 5.10 Å². The van der Waals surface area contributed by atoms with E-state index in [1.165, 1.54) is 7.11 Å². The molecule has 0 saturated heterocycles. The first-order valence-corrected chi connectivity index (χ1v) is 5.65. The van der Waals surface area contributed by atoms with Gasteiger partial charge in [0.1, 0.15) is 0 Å². The Morgan fingerprint density at radius 1 is 1.50 bits per heavy atom. The third-order valence-electron chi connectivity index (χ3n) is 2.65. The lowest BCUT2D eigenvalue weighted by Crippen LogP contribution is -2.21. The average molecular weight is 245 g/mol. The lowest BCUT2D eigenvalue weighted by molar-refractivity contribution is -0.140. The highest BCUT2D eigenvalue weighted by molar-refractivity contribution is 5.85. The number of carbonyl (C=O) groups is 1. The smallest absolute Gasteiger partial charge is 0.307 e. The minimum absolute atomic E-state index is 0.251. The zero-order chi connectivity index (χ0) is 13.0. The predicted molar refractivity (Wildman–Crippen MR) is 72.4 cm³/mol. The number of fused-ring (bicyclic) bond motifs is 1. The summed E-state index contributed by atoms with van der Waals surface area (Å²) in [7, 11) is 1.38. The van der Waals surface area contributed by atoms with Crippen LogP contribution in [-0.2, 0) is 9.53 Å². The summed E-state index contributed by atoms with van der Waals surface area (Å²) < 4.78 is 4.63. The number of rotatable bonds is 3. The lowest BCUT2D eigenvalue weighted by Gasteiger charge is -2.19. The number of ether oxygens (including phenoxy) is 1.